The highest BCUT2D eigenvalue weighted by atomic mass is 15.1. The van der Waals surface area contributed by atoms with E-state index in [1.54, 1.807) is 0 Å². The molecule has 0 aromatic heterocycles. The van der Waals surface area contributed by atoms with Gasteiger partial charge in [0.2, 0.25) is 0 Å². The molecule has 2 heteroatoms. The second kappa shape index (κ2) is 9.38. The quantitative estimate of drug-likeness (QED) is 0.438. The summed E-state index contributed by atoms with van der Waals surface area (Å²) in [5, 5.41) is 8.64. The van der Waals surface area contributed by atoms with E-state index in [0.717, 1.165) is 6.42 Å². The first-order valence-electron chi connectivity index (χ1n) is 7.48. The lowest BCUT2D eigenvalue weighted by Crippen LogP contribution is -1.96. The van der Waals surface area contributed by atoms with Crippen LogP contribution in [0.4, 0.5) is 0 Å². The van der Waals surface area contributed by atoms with E-state index in [0.29, 0.717) is 6.04 Å². The van der Waals surface area contributed by atoms with Crippen LogP contribution in [-0.2, 0) is 0 Å². The first kappa shape index (κ1) is 14.4. The summed E-state index contributed by atoms with van der Waals surface area (Å²) in [6.07, 6.45) is 15.2. The second-order valence-electron chi connectivity index (χ2n) is 5.10. The third-order valence-electron chi connectivity index (χ3n) is 3.36. The fraction of sp³-hybridized carbons (Fsp3) is 0.867. The molecule has 98 valence electrons. The van der Waals surface area contributed by atoms with Gasteiger partial charge in [-0.15, -0.1) is 0 Å². The highest BCUT2D eigenvalue weighted by molar-refractivity contribution is 5.09. The van der Waals surface area contributed by atoms with Crippen LogP contribution < -0.4 is 0 Å². The Morgan fingerprint density at radius 2 is 1.65 bits per heavy atom. The van der Waals surface area contributed by atoms with Gasteiger partial charge in [-0.25, -0.2) is 0 Å². The Hall–Kier alpha value is -0.660. The van der Waals surface area contributed by atoms with Crippen molar-refractivity contribution in [2.24, 2.45) is 10.2 Å². The zero-order valence-corrected chi connectivity index (χ0v) is 11.6. The lowest BCUT2D eigenvalue weighted by molar-refractivity contribution is 0.581. The number of azo groups is 1. The summed E-state index contributed by atoms with van der Waals surface area (Å²) < 4.78 is 0. The van der Waals surface area contributed by atoms with E-state index in [1.807, 2.05) is 0 Å². The third-order valence-corrected chi connectivity index (χ3v) is 3.36. The maximum absolute atomic E-state index is 4.35. The maximum atomic E-state index is 4.35. The molecule has 0 N–H and O–H groups in total. The van der Waals surface area contributed by atoms with Crippen molar-refractivity contribution in [3.8, 4) is 0 Å². The number of unbranched alkanes of at least 4 members (excludes halogenated alkanes) is 6. The van der Waals surface area contributed by atoms with Gasteiger partial charge in [-0.3, -0.25) is 0 Å². The van der Waals surface area contributed by atoms with Crippen molar-refractivity contribution >= 4 is 0 Å². The van der Waals surface area contributed by atoms with Gasteiger partial charge in [-0.2, -0.15) is 10.2 Å². The van der Waals surface area contributed by atoms with E-state index in [-0.39, 0.29) is 0 Å². The third kappa shape index (κ3) is 6.60. The molecule has 1 rings (SSSR count). The predicted molar refractivity (Wildman–Crippen MR) is 74.2 cm³/mol. The summed E-state index contributed by atoms with van der Waals surface area (Å²) in [6.45, 7) is 4.50. The molecule has 0 aliphatic carbocycles. The first-order chi connectivity index (χ1) is 8.36. The molecule has 0 amide bonds. The summed E-state index contributed by atoms with van der Waals surface area (Å²) in [4.78, 5) is 0. The topological polar surface area (TPSA) is 24.7 Å². The molecular formula is C15H28N2. The Bertz CT molecular complexity index is 243. The van der Waals surface area contributed by atoms with Crippen LogP contribution in [0.5, 0.6) is 0 Å². The lowest BCUT2D eigenvalue weighted by Gasteiger charge is -2.02. The Kier molecular flexibility index (Phi) is 7.94. The van der Waals surface area contributed by atoms with E-state index in [4.69, 9.17) is 0 Å². The summed E-state index contributed by atoms with van der Waals surface area (Å²) in [7, 11) is 0. The van der Waals surface area contributed by atoms with Crippen LogP contribution in [0, 0.1) is 0 Å². The fourth-order valence-electron chi connectivity index (χ4n) is 2.22. The zero-order valence-electron chi connectivity index (χ0n) is 11.6. The molecule has 17 heavy (non-hydrogen) atoms. The highest BCUT2D eigenvalue weighted by Gasteiger charge is 2.11. The fourth-order valence-corrected chi connectivity index (χ4v) is 2.22. The van der Waals surface area contributed by atoms with Gasteiger partial charge in [0.1, 0.15) is 0 Å². The Morgan fingerprint density at radius 1 is 0.941 bits per heavy atom. The summed E-state index contributed by atoms with van der Waals surface area (Å²) in [5.41, 5.74) is 1.23. The highest BCUT2D eigenvalue weighted by Crippen LogP contribution is 2.22. The van der Waals surface area contributed by atoms with Crippen LogP contribution in [0.2, 0.25) is 0 Å². The number of hydrogen-bond acceptors (Lipinski definition) is 2. The largest absolute Gasteiger partial charge is 0.181 e. The molecule has 1 unspecified atom stereocenters. The standard InChI is InChI=1S/C15H28N2/c1-3-5-7-8-10-12-15-13-14(16-17-15)11-9-6-4-2/h13,15H,3-12H2,1-2H3. The zero-order chi connectivity index (χ0) is 12.3. The first-order valence-corrected chi connectivity index (χ1v) is 7.48. The van der Waals surface area contributed by atoms with Crippen molar-refractivity contribution in [2.75, 3.05) is 0 Å². The van der Waals surface area contributed by atoms with E-state index < -0.39 is 0 Å². The average Bonchev–Trinajstić information content (AvgIpc) is 2.77. The molecular weight excluding hydrogens is 208 g/mol. The molecule has 0 aromatic carbocycles. The van der Waals surface area contributed by atoms with Gasteiger partial charge in [0, 0.05) is 0 Å². The number of allylic oxidation sites excluding steroid dienone is 1. The van der Waals surface area contributed by atoms with Crippen LogP contribution in [-0.4, -0.2) is 6.04 Å². The van der Waals surface area contributed by atoms with E-state index in [2.05, 4.69) is 30.2 Å². The van der Waals surface area contributed by atoms with Crippen LogP contribution in [0.1, 0.15) is 78.1 Å². The van der Waals surface area contributed by atoms with Gasteiger partial charge in [-0.1, -0.05) is 58.8 Å². The smallest absolute Gasteiger partial charge is 0.0914 e. The van der Waals surface area contributed by atoms with Gasteiger partial charge in [0.05, 0.1) is 11.7 Å². The molecule has 0 bridgehead atoms. The molecule has 1 atom stereocenters. The van der Waals surface area contributed by atoms with Crippen molar-refractivity contribution < 1.29 is 0 Å². The number of nitrogens with zero attached hydrogens (tertiary/aromatic N) is 2. The molecule has 0 aromatic rings. The second-order valence-corrected chi connectivity index (χ2v) is 5.10. The molecule has 2 nitrogen and oxygen atoms in total. The molecule has 0 fully saturated rings. The van der Waals surface area contributed by atoms with Crippen molar-refractivity contribution in [2.45, 2.75) is 84.1 Å². The molecule has 1 aliphatic rings. The normalized spacial score (nSPS) is 18.7. The summed E-state index contributed by atoms with van der Waals surface area (Å²) >= 11 is 0. The monoisotopic (exact) mass is 236 g/mol. The SMILES string of the molecule is CCCCCCCC1C=C(CCCCC)N=N1. The van der Waals surface area contributed by atoms with Crippen molar-refractivity contribution in [3.63, 3.8) is 0 Å². The minimum atomic E-state index is 0.397. The van der Waals surface area contributed by atoms with E-state index >= 15 is 0 Å². The van der Waals surface area contributed by atoms with Crippen molar-refractivity contribution in [1.29, 1.82) is 0 Å². The summed E-state index contributed by atoms with van der Waals surface area (Å²) in [5.74, 6) is 0. The van der Waals surface area contributed by atoms with Crippen LogP contribution >= 0.6 is 0 Å². The molecule has 0 saturated carbocycles. The molecule has 0 radical (unpaired) electrons. The molecule has 0 saturated heterocycles. The van der Waals surface area contributed by atoms with E-state index in [1.165, 1.54) is 63.5 Å². The molecule has 1 heterocycles. The molecule has 1 aliphatic heterocycles. The van der Waals surface area contributed by atoms with Crippen LogP contribution in [0.3, 0.4) is 0 Å². The van der Waals surface area contributed by atoms with E-state index in [9.17, 15) is 0 Å². The minimum absolute atomic E-state index is 0.397. The molecule has 0 spiro atoms. The number of rotatable bonds is 10. The minimum Gasteiger partial charge on any atom is -0.181 e. The Morgan fingerprint density at radius 3 is 2.41 bits per heavy atom. The van der Waals surface area contributed by atoms with Gasteiger partial charge < -0.3 is 0 Å². The van der Waals surface area contributed by atoms with Crippen LogP contribution in [0.25, 0.3) is 0 Å². The van der Waals surface area contributed by atoms with Crippen molar-refractivity contribution in [1.82, 2.24) is 0 Å². The number of hydrogen-bond donors (Lipinski definition) is 0. The lowest BCUT2D eigenvalue weighted by atomic mass is 10.1. The van der Waals surface area contributed by atoms with Gasteiger partial charge in [-0.05, 0) is 25.3 Å². The summed E-state index contributed by atoms with van der Waals surface area (Å²) in [6, 6.07) is 0.397. The van der Waals surface area contributed by atoms with Gasteiger partial charge in [0.25, 0.3) is 0 Å². The Balaban J connectivity index is 2.05. The van der Waals surface area contributed by atoms with Crippen molar-refractivity contribution in [3.05, 3.63) is 11.8 Å². The Labute approximate surface area is 107 Å². The maximum Gasteiger partial charge on any atom is 0.0914 e. The average molecular weight is 236 g/mol. The van der Waals surface area contributed by atoms with Gasteiger partial charge >= 0.3 is 0 Å². The van der Waals surface area contributed by atoms with Gasteiger partial charge in [0.15, 0.2) is 0 Å². The predicted octanol–water partition coefficient (Wildman–Crippen LogP) is 5.65. The van der Waals surface area contributed by atoms with Crippen LogP contribution in [0.15, 0.2) is 22.0 Å².